The number of ether oxygens (including phenoxy) is 2. The fourth-order valence-electron chi connectivity index (χ4n) is 4.29. The molecule has 1 aliphatic heterocycles. The summed E-state index contributed by atoms with van der Waals surface area (Å²) in [6, 6.07) is 9.65. The highest BCUT2D eigenvalue weighted by Gasteiger charge is 2.33. The highest BCUT2D eigenvalue weighted by molar-refractivity contribution is 5.98. The van der Waals surface area contributed by atoms with Crippen LogP contribution < -0.4 is 10.5 Å². The maximum absolute atomic E-state index is 15.3. The number of carbonyl (C=O) groups excluding carboxylic acids is 1. The van der Waals surface area contributed by atoms with Crippen molar-refractivity contribution in [3.63, 3.8) is 0 Å². The van der Waals surface area contributed by atoms with E-state index >= 15 is 4.39 Å². The van der Waals surface area contributed by atoms with Gasteiger partial charge in [0.25, 0.3) is 0 Å². The summed E-state index contributed by atoms with van der Waals surface area (Å²) >= 11 is 0. The first-order valence-electron chi connectivity index (χ1n) is 11.8. The molecule has 1 unspecified atom stereocenters. The lowest BCUT2D eigenvalue weighted by Crippen LogP contribution is -2.35. The molecule has 0 spiro atoms. The smallest absolute Gasteiger partial charge is 0.410 e. The fraction of sp³-hybridized carbons (Fsp3) is 0.308. The zero-order valence-corrected chi connectivity index (χ0v) is 20.6. The Balaban J connectivity index is 1.47. The number of anilines is 1. The third kappa shape index (κ3) is 5.02. The van der Waals surface area contributed by atoms with Gasteiger partial charge in [0.05, 0.1) is 11.4 Å². The van der Waals surface area contributed by atoms with E-state index in [0.717, 1.165) is 0 Å². The molecule has 1 fully saturated rings. The van der Waals surface area contributed by atoms with Crippen molar-refractivity contribution >= 4 is 22.9 Å². The highest BCUT2D eigenvalue weighted by atomic mass is 19.1. The number of fused-ring (bicyclic) bond motifs is 1. The van der Waals surface area contributed by atoms with Crippen molar-refractivity contribution in [3.05, 3.63) is 60.4 Å². The van der Waals surface area contributed by atoms with Crippen molar-refractivity contribution in [1.82, 2.24) is 24.6 Å². The largest absolute Gasteiger partial charge is 0.457 e. The molecule has 1 atom stereocenters. The summed E-state index contributed by atoms with van der Waals surface area (Å²) in [4.78, 5) is 22.6. The lowest BCUT2D eigenvalue weighted by molar-refractivity contribution is 0.0288. The number of nitrogen functional groups attached to an aromatic ring is 1. The summed E-state index contributed by atoms with van der Waals surface area (Å²) in [7, 11) is 0. The van der Waals surface area contributed by atoms with Crippen LogP contribution in [0, 0.1) is 11.6 Å². The van der Waals surface area contributed by atoms with Gasteiger partial charge in [0.1, 0.15) is 46.6 Å². The van der Waals surface area contributed by atoms with Gasteiger partial charge in [-0.25, -0.2) is 28.2 Å². The van der Waals surface area contributed by atoms with Gasteiger partial charge in [-0.05, 0) is 51.5 Å². The molecule has 0 bridgehead atoms. The maximum atomic E-state index is 15.3. The van der Waals surface area contributed by atoms with E-state index in [9.17, 15) is 9.18 Å². The zero-order valence-electron chi connectivity index (χ0n) is 20.6. The monoisotopic (exact) mass is 508 g/mol. The molecule has 192 valence electrons. The van der Waals surface area contributed by atoms with Crippen LogP contribution in [0.2, 0.25) is 0 Å². The van der Waals surface area contributed by atoms with Crippen molar-refractivity contribution in [2.24, 2.45) is 0 Å². The van der Waals surface area contributed by atoms with E-state index < -0.39 is 23.3 Å². The number of aromatic nitrogens is 4. The lowest BCUT2D eigenvalue weighted by Gasteiger charge is -2.24. The van der Waals surface area contributed by atoms with Crippen LogP contribution in [0.3, 0.4) is 0 Å². The Morgan fingerprint density at radius 2 is 1.89 bits per heavy atom. The predicted molar refractivity (Wildman–Crippen MR) is 133 cm³/mol. The molecule has 3 heterocycles. The first kappa shape index (κ1) is 24.4. The summed E-state index contributed by atoms with van der Waals surface area (Å²) in [5.41, 5.74) is 6.47. The molecule has 11 heteroatoms. The summed E-state index contributed by atoms with van der Waals surface area (Å²) < 4.78 is 41.6. The second-order valence-electron chi connectivity index (χ2n) is 9.82. The molecular formula is C26H26F2N6O3. The second-order valence-corrected chi connectivity index (χ2v) is 9.82. The fourth-order valence-corrected chi connectivity index (χ4v) is 4.29. The number of carbonyl (C=O) groups is 1. The van der Waals surface area contributed by atoms with Gasteiger partial charge in [0, 0.05) is 30.8 Å². The molecule has 1 amide bonds. The number of amides is 1. The average Bonchev–Trinajstić information content (AvgIpc) is 3.44. The van der Waals surface area contributed by atoms with Crippen molar-refractivity contribution in [3.8, 4) is 22.8 Å². The SMILES string of the molecule is CC(C)(C)OC(=O)N1CCC(n2nc(-c3ccc(Oc4cccc(F)c4)cc3F)c3c(N)ncnc32)C1. The molecule has 37 heavy (non-hydrogen) atoms. The Morgan fingerprint density at radius 1 is 1.11 bits per heavy atom. The first-order valence-corrected chi connectivity index (χ1v) is 11.8. The Kier molecular flexibility index (Phi) is 6.14. The number of nitrogens with two attached hydrogens (primary N) is 1. The van der Waals surface area contributed by atoms with Gasteiger partial charge in [-0.2, -0.15) is 5.10 Å². The van der Waals surface area contributed by atoms with E-state index in [-0.39, 0.29) is 34.6 Å². The van der Waals surface area contributed by atoms with Crippen molar-refractivity contribution in [1.29, 1.82) is 0 Å². The Labute approximate surface area is 211 Å². The Hall–Kier alpha value is -4.28. The molecule has 5 rings (SSSR count). The number of benzene rings is 2. The minimum absolute atomic E-state index is 0.160. The van der Waals surface area contributed by atoms with Gasteiger partial charge in [-0.3, -0.25) is 0 Å². The Morgan fingerprint density at radius 3 is 2.62 bits per heavy atom. The molecular weight excluding hydrogens is 482 g/mol. The van der Waals surface area contributed by atoms with E-state index in [2.05, 4.69) is 15.1 Å². The zero-order chi connectivity index (χ0) is 26.3. The van der Waals surface area contributed by atoms with Crippen molar-refractivity contribution < 1.29 is 23.0 Å². The highest BCUT2D eigenvalue weighted by Crippen LogP contribution is 2.36. The quantitative estimate of drug-likeness (QED) is 0.397. The molecule has 0 saturated carbocycles. The first-order chi connectivity index (χ1) is 17.6. The standard InChI is InChI=1S/C26H26F2N6O3/c1-26(2,3)37-25(35)33-10-9-16(13-33)34-24-21(23(29)30-14-31-24)22(32-34)19-8-7-18(12-20(19)28)36-17-6-4-5-15(27)11-17/h4-8,11-12,14,16H,9-10,13H2,1-3H3,(H2,29,30,31). The summed E-state index contributed by atoms with van der Waals surface area (Å²) in [6.45, 7) is 6.28. The normalized spacial score (nSPS) is 15.8. The van der Waals surface area contributed by atoms with Crippen LogP contribution in [0.25, 0.3) is 22.3 Å². The van der Waals surface area contributed by atoms with E-state index in [0.29, 0.717) is 30.5 Å². The van der Waals surface area contributed by atoms with Crippen LogP contribution in [0.5, 0.6) is 11.5 Å². The van der Waals surface area contributed by atoms with Gasteiger partial charge >= 0.3 is 6.09 Å². The van der Waals surface area contributed by atoms with E-state index in [1.165, 1.54) is 36.7 Å². The molecule has 0 radical (unpaired) electrons. The third-order valence-corrected chi connectivity index (χ3v) is 5.91. The number of hydrogen-bond donors (Lipinski definition) is 1. The van der Waals surface area contributed by atoms with Gasteiger partial charge in [-0.15, -0.1) is 0 Å². The summed E-state index contributed by atoms with van der Waals surface area (Å²) in [5.74, 6) is -0.462. The molecule has 1 aliphatic rings. The number of rotatable bonds is 4. The molecule has 0 aliphatic carbocycles. The predicted octanol–water partition coefficient (Wildman–Crippen LogP) is 5.33. The van der Waals surface area contributed by atoms with Crippen LogP contribution in [0.15, 0.2) is 48.8 Å². The minimum Gasteiger partial charge on any atom is -0.457 e. The van der Waals surface area contributed by atoms with Gasteiger partial charge in [0.2, 0.25) is 0 Å². The van der Waals surface area contributed by atoms with Crippen LogP contribution in [0.4, 0.5) is 19.4 Å². The molecule has 2 aromatic heterocycles. The number of halogens is 2. The molecule has 2 N–H and O–H groups in total. The van der Waals surface area contributed by atoms with E-state index in [4.69, 9.17) is 15.2 Å². The maximum Gasteiger partial charge on any atom is 0.410 e. The molecule has 9 nitrogen and oxygen atoms in total. The van der Waals surface area contributed by atoms with Crippen molar-refractivity contribution in [2.75, 3.05) is 18.8 Å². The average molecular weight is 509 g/mol. The minimum atomic E-state index is -0.607. The number of likely N-dealkylation sites (tertiary alicyclic amines) is 1. The van der Waals surface area contributed by atoms with Gasteiger partial charge < -0.3 is 20.1 Å². The molecule has 4 aromatic rings. The Bertz CT molecular complexity index is 1480. The van der Waals surface area contributed by atoms with E-state index in [1.54, 1.807) is 21.7 Å². The van der Waals surface area contributed by atoms with Crippen LogP contribution >= 0.6 is 0 Å². The summed E-state index contributed by atoms with van der Waals surface area (Å²) in [6.07, 6.45) is 1.54. The van der Waals surface area contributed by atoms with Crippen LogP contribution in [-0.4, -0.2) is 49.4 Å². The second kappa shape index (κ2) is 9.30. The third-order valence-electron chi connectivity index (χ3n) is 5.91. The van der Waals surface area contributed by atoms with Gasteiger partial charge in [-0.1, -0.05) is 6.07 Å². The number of hydrogen-bond acceptors (Lipinski definition) is 7. The van der Waals surface area contributed by atoms with Gasteiger partial charge in [0.15, 0.2) is 5.65 Å². The van der Waals surface area contributed by atoms with Crippen molar-refractivity contribution in [2.45, 2.75) is 38.8 Å². The van der Waals surface area contributed by atoms with Crippen LogP contribution in [-0.2, 0) is 4.74 Å². The van der Waals surface area contributed by atoms with Crippen LogP contribution in [0.1, 0.15) is 33.2 Å². The molecule has 2 aromatic carbocycles. The molecule has 1 saturated heterocycles. The lowest BCUT2D eigenvalue weighted by atomic mass is 10.1. The number of nitrogens with zero attached hydrogens (tertiary/aromatic N) is 5. The topological polar surface area (TPSA) is 108 Å². The van der Waals surface area contributed by atoms with E-state index in [1.807, 2.05) is 20.8 Å². The summed E-state index contributed by atoms with van der Waals surface area (Å²) in [5, 5.41) is 5.09.